The molecule has 0 aliphatic carbocycles. The summed E-state index contributed by atoms with van der Waals surface area (Å²) in [6, 6.07) is 2.11. The van der Waals surface area contributed by atoms with Crippen LogP contribution in [0.3, 0.4) is 0 Å². The summed E-state index contributed by atoms with van der Waals surface area (Å²) in [6.07, 6.45) is 3.93. The molecular formula is C13H22N2O. The maximum Gasteiger partial charge on any atom is 0.226 e. The van der Waals surface area contributed by atoms with E-state index in [9.17, 15) is 10.1 Å². The third kappa shape index (κ3) is 2.55. The number of nitrogens with zero attached hydrogens (tertiary/aromatic N) is 2. The third-order valence-corrected chi connectivity index (χ3v) is 3.70. The first kappa shape index (κ1) is 13.0. The molecule has 3 heteroatoms. The van der Waals surface area contributed by atoms with E-state index >= 15 is 0 Å². The van der Waals surface area contributed by atoms with Crippen LogP contribution in [-0.4, -0.2) is 23.4 Å². The van der Waals surface area contributed by atoms with Crippen molar-refractivity contribution in [2.24, 2.45) is 11.8 Å². The zero-order chi connectivity index (χ0) is 12.1. The molecule has 16 heavy (non-hydrogen) atoms. The molecule has 0 saturated carbocycles. The van der Waals surface area contributed by atoms with Crippen LogP contribution < -0.4 is 0 Å². The normalized spacial score (nSPS) is 23.3. The lowest BCUT2D eigenvalue weighted by Gasteiger charge is -2.37. The van der Waals surface area contributed by atoms with Crippen molar-refractivity contribution >= 4 is 5.91 Å². The molecule has 1 aliphatic rings. The van der Waals surface area contributed by atoms with Crippen molar-refractivity contribution in [3.05, 3.63) is 0 Å². The summed E-state index contributed by atoms with van der Waals surface area (Å²) in [4.78, 5) is 13.8. The molecule has 1 aliphatic heterocycles. The van der Waals surface area contributed by atoms with E-state index in [4.69, 9.17) is 0 Å². The van der Waals surface area contributed by atoms with E-state index in [0.717, 1.165) is 32.2 Å². The smallest absolute Gasteiger partial charge is 0.226 e. The Morgan fingerprint density at radius 1 is 1.50 bits per heavy atom. The maximum absolute atomic E-state index is 12.0. The lowest BCUT2D eigenvalue weighted by molar-refractivity contribution is -0.140. The van der Waals surface area contributed by atoms with Crippen LogP contribution in [0.4, 0.5) is 0 Å². The molecule has 0 bridgehead atoms. The molecule has 1 heterocycles. The fourth-order valence-corrected chi connectivity index (χ4v) is 2.53. The van der Waals surface area contributed by atoms with Gasteiger partial charge in [-0.25, -0.2) is 0 Å². The van der Waals surface area contributed by atoms with Gasteiger partial charge in [-0.05, 0) is 18.8 Å². The first-order chi connectivity index (χ1) is 7.65. The minimum atomic E-state index is -0.217. The number of rotatable bonds is 4. The average Bonchev–Trinajstić information content (AvgIpc) is 2.30. The molecule has 0 spiro atoms. The van der Waals surface area contributed by atoms with Crippen LogP contribution in [0.25, 0.3) is 0 Å². The van der Waals surface area contributed by atoms with Crippen LogP contribution in [0.2, 0.25) is 0 Å². The van der Waals surface area contributed by atoms with Gasteiger partial charge in [0.25, 0.3) is 0 Å². The molecule has 0 aromatic heterocycles. The molecule has 0 aromatic rings. The number of amides is 1. The molecule has 1 rings (SSSR count). The van der Waals surface area contributed by atoms with Gasteiger partial charge in [0.1, 0.15) is 6.04 Å². The van der Waals surface area contributed by atoms with Crippen molar-refractivity contribution in [1.29, 1.82) is 5.26 Å². The van der Waals surface area contributed by atoms with Crippen molar-refractivity contribution in [1.82, 2.24) is 4.90 Å². The number of likely N-dealkylation sites (tertiary alicyclic amines) is 1. The molecule has 2 unspecified atom stereocenters. The highest BCUT2D eigenvalue weighted by molar-refractivity contribution is 5.79. The summed E-state index contributed by atoms with van der Waals surface area (Å²) in [7, 11) is 0. The summed E-state index contributed by atoms with van der Waals surface area (Å²) in [6.45, 7) is 6.92. The van der Waals surface area contributed by atoms with Gasteiger partial charge in [0.2, 0.25) is 5.91 Å². The van der Waals surface area contributed by atoms with Crippen LogP contribution in [0.5, 0.6) is 0 Å². The van der Waals surface area contributed by atoms with Crippen molar-refractivity contribution in [2.75, 3.05) is 6.54 Å². The third-order valence-electron chi connectivity index (χ3n) is 3.70. The lowest BCUT2D eigenvalue weighted by atomic mass is 9.90. The van der Waals surface area contributed by atoms with Crippen molar-refractivity contribution in [3.63, 3.8) is 0 Å². The Morgan fingerprint density at radius 2 is 2.12 bits per heavy atom. The van der Waals surface area contributed by atoms with Gasteiger partial charge in [-0.1, -0.05) is 33.6 Å². The quantitative estimate of drug-likeness (QED) is 0.733. The summed E-state index contributed by atoms with van der Waals surface area (Å²) < 4.78 is 0. The standard InChI is InChI=1S/C13H22N2O/c1-4-11(5-2)12(9-14)15-8-6-7-10(3)13(15)16/h10-12H,4-8H2,1-3H3. The van der Waals surface area contributed by atoms with Crippen molar-refractivity contribution in [3.8, 4) is 6.07 Å². The van der Waals surface area contributed by atoms with E-state index in [1.54, 1.807) is 0 Å². The van der Waals surface area contributed by atoms with E-state index in [0.29, 0.717) is 5.92 Å². The van der Waals surface area contributed by atoms with E-state index in [-0.39, 0.29) is 17.9 Å². The molecule has 1 saturated heterocycles. The molecule has 2 atom stereocenters. The zero-order valence-corrected chi connectivity index (χ0v) is 10.6. The van der Waals surface area contributed by atoms with Crippen LogP contribution in [-0.2, 0) is 4.79 Å². The van der Waals surface area contributed by atoms with Gasteiger partial charge >= 0.3 is 0 Å². The van der Waals surface area contributed by atoms with Gasteiger partial charge in [0, 0.05) is 12.5 Å². The van der Waals surface area contributed by atoms with Gasteiger partial charge in [0.15, 0.2) is 0 Å². The van der Waals surface area contributed by atoms with Gasteiger partial charge in [-0.2, -0.15) is 5.26 Å². The number of carbonyl (C=O) groups is 1. The molecule has 0 radical (unpaired) electrons. The average molecular weight is 222 g/mol. The second-order valence-corrected chi connectivity index (χ2v) is 4.73. The van der Waals surface area contributed by atoms with Crippen LogP contribution >= 0.6 is 0 Å². The zero-order valence-electron chi connectivity index (χ0n) is 10.6. The van der Waals surface area contributed by atoms with Gasteiger partial charge in [-0.3, -0.25) is 4.79 Å². The Hall–Kier alpha value is -1.04. The second-order valence-electron chi connectivity index (χ2n) is 4.73. The van der Waals surface area contributed by atoms with Gasteiger partial charge in [-0.15, -0.1) is 0 Å². The number of piperidine rings is 1. The Labute approximate surface area is 98.4 Å². The molecule has 0 aromatic carbocycles. The SMILES string of the molecule is CCC(CC)C(C#N)N1CCCC(C)C1=O. The van der Waals surface area contributed by atoms with E-state index in [2.05, 4.69) is 19.9 Å². The fraction of sp³-hybridized carbons (Fsp3) is 0.846. The molecule has 3 nitrogen and oxygen atoms in total. The molecule has 1 amide bonds. The summed E-state index contributed by atoms with van der Waals surface area (Å²) >= 11 is 0. The largest absolute Gasteiger partial charge is 0.326 e. The predicted molar refractivity (Wildman–Crippen MR) is 63.6 cm³/mol. The highest BCUT2D eigenvalue weighted by Crippen LogP contribution is 2.25. The number of hydrogen-bond acceptors (Lipinski definition) is 2. The highest BCUT2D eigenvalue weighted by atomic mass is 16.2. The van der Waals surface area contributed by atoms with Crippen LogP contribution in [0.1, 0.15) is 46.5 Å². The van der Waals surface area contributed by atoms with Crippen molar-refractivity contribution in [2.45, 2.75) is 52.5 Å². The minimum Gasteiger partial charge on any atom is -0.326 e. The van der Waals surface area contributed by atoms with E-state index in [1.165, 1.54) is 0 Å². The Bertz CT molecular complexity index is 278. The Kier molecular flexibility index (Phi) is 4.79. The minimum absolute atomic E-state index is 0.0963. The second kappa shape index (κ2) is 5.89. The first-order valence-electron chi connectivity index (χ1n) is 6.35. The highest BCUT2D eigenvalue weighted by Gasteiger charge is 2.33. The topological polar surface area (TPSA) is 44.1 Å². The molecule has 90 valence electrons. The molecule has 1 fully saturated rings. The van der Waals surface area contributed by atoms with E-state index < -0.39 is 0 Å². The Morgan fingerprint density at radius 3 is 2.62 bits per heavy atom. The Balaban J connectivity index is 2.79. The first-order valence-corrected chi connectivity index (χ1v) is 6.35. The summed E-state index contributed by atoms with van der Waals surface area (Å²) in [5.41, 5.74) is 0. The summed E-state index contributed by atoms with van der Waals surface area (Å²) in [5, 5.41) is 9.27. The predicted octanol–water partition coefficient (Wildman–Crippen LogP) is 2.57. The van der Waals surface area contributed by atoms with Gasteiger partial charge in [0.05, 0.1) is 6.07 Å². The molecular weight excluding hydrogens is 200 g/mol. The van der Waals surface area contributed by atoms with Crippen LogP contribution in [0, 0.1) is 23.2 Å². The maximum atomic E-state index is 12.0. The van der Waals surface area contributed by atoms with E-state index in [1.807, 2.05) is 11.8 Å². The molecule has 0 N–H and O–H groups in total. The van der Waals surface area contributed by atoms with Crippen molar-refractivity contribution < 1.29 is 4.79 Å². The number of carbonyl (C=O) groups excluding carboxylic acids is 1. The fourth-order valence-electron chi connectivity index (χ4n) is 2.53. The van der Waals surface area contributed by atoms with Crippen LogP contribution in [0.15, 0.2) is 0 Å². The number of nitriles is 1. The summed E-state index contributed by atoms with van der Waals surface area (Å²) in [5.74, 6) is 0.586. The monoisotopic (exact) mass is 222 g/mol. The lowest BCUT2D eigenvalue weighted by Crippen LogP contribution is -2.48. The van der Waals surface area contributed by atoms with Gasteiger partial charge < -0.3 is 4.90 Å². The number of hydrogen-bond donors (Lipinski definition) is 0.